The molecule has 1 aromatic heterocycles. The van der Waals surface area contributed by atoms with Crippen molar-refractivity contribution in [2.45, 2.75) is 18.7 Å². The largest absolute Gasteiger partial charge is 0.497 e. The molecule has 0 unspecified atom stereocenters. The quantitative estimate of drug-likeness (QED) is 0.821. The van der Waals surface area contributed by atoms with Crippen LogP contribution in [0.15, 0.2) is 27.6 Å². The highest BCUT2D eigenvalue weighted by Gasteiger charge is 2.26. The van der Waals surface area contributed by atoms with Gasteiger partial charge in [0.1, 0.15) is 16.4 Å². The maximum Gasteiger partial charge on any atom is 0.287 e. The van der Waals surface area contributed by atoms with E-state index in [2.05, 4.69) is 21.0 Å². The minimum Gasteiger partial charge on any atom is -0.497 e. The first-order valence-electron chi connectivity index (χ1n) is 6.02. The lowest BCUT2D eigenvalue weighted by molar-refractivity contribution is 0.392. The SMILES string of the molecule is COc1ccc(OC)c(S(=O)(=O)n2nc(C)c(Br)c2C)c1. The molecule has 0 saturated carbocycles. The van der Waals surface area contributed by atoms with Crippen LogP contribution in [0.2, 0.25) is 0 Å². The Kier molecular flexibility index (Phi) is 4.29. The third-order valence-corrected chi connectivity index (χ3v) is 5.87. The molecule has 0 aliphatic heterocycles. The van der Waals surface area contributed by atoms with Crippen LogP contribution in [0, 0.1) is 13.8 Å². The Balaban J connectivity index is 2.71. The lowest BCUT2D eigenvalue weighted by Gasteiger charge is -2.12. The number of hydrogen-bond acceptors (Lipinski definition) is 5. The van der Waals surface area contributed by atoms with Crippen LogP contribution in [0.4, 0.5) is 0 Å². The van der Waals surface area contributed by atoms with E-state index in [0.29, 0.717) is 21.6 Å². The lowest BCUT2D eigenvalue weighted by Crippen LogP contribution is -2.17. The average Bonchev–Trinajstić information content (AvgIpc) is 2.74. The second-order valence-corrected chi connectivity index (χ2v) is 6.88. The number of aromatic nitrogens is 2. The van der Waals surface area contributed by atoms with Gasteiger partial charge in [0.25, 0.3) is 10.0 Å². The zero-order valence-corrected chi connectivity index (χ0v) is 14.4. The van der Waals surface area contributed by atoms with Crippen LogP contribution in [0.25, 0.3) is 0 Å². The van der Waals surface area contributed by atoms with Crippen LogP contribution in [-0.2, 0) is 10.0 Å². The minimum absolute atomic E-state index is 0.00227. The second kappa shape index (κ2) is 5.69. The maximum atomic E-state index is 12.8. The highest BCUT2D eigenvalue weighted by Crippen LogP contribution is 2.31. The van der Waals surface area contributed by atoms with Crippen molar-refractivity contribution in [3.63, 3.8) is 0 Å². The topological polar surface area (TPSA) is 70.4 Å². The fourth-order valence-corrected chi connectivity index (χ4v) is 3.82. The van der Waals surface area contributed by atoms with Gasteiger partial charge in [-0.05, 0) is 41.9 Å². The first-order chi connectivity index (χ1) is 9.82. The summed E-state index contributed by atoms with van der Waals surface area (Å²) in [5, 5.41) is 4.07. The Bertz CT molecular complexity index is 784. The van der Waals surface area contributed by atoms with Crippen LogP contribution >= 0.6 is 15.9 Å². The Morgan fingerprint density at radius 1 is 1.19 bits per heavy atom. The summed E-state index contributed by atoms with van der Waals surface area (Å²) >= 11 is 3.32. The van der Waals surface area contributed by atoms with Crippen molar-refractivity contribution in [3.8, 4) is 11.5 Å². The molecule has 0 amide bonds. The van der Waals surface area contributed by atoms with Gasteiger partial charge in [0.05, 0.1) is 30.1 Å². The van der Waals surface area contributed by atoms with Gasteiger partial charge in [0.2, 0.25) is 0 Å². The summed E-state index contributed by atoms with van der Waals surface area (Å²) in [6.45, 7) is 3.40. The molecule has 0 spiro atoms. The van der Waals surface area contributed by atoms with Crippen LogP contribution in [0.5, 0.6) is 11.5 Å². The number of halogens is 1. The van der Waals surface area contributed by atoms with Crippen molar-refractivity contribution in [2.75, 3.05) is 14.2 Å². The minimum atomic E-state index is -3.88. The molecule has 1 heterocycles. The highest BCUT2D eigenvalue weighted by atomic mass is 79.9. The van der Waals surface area contributed by atoms with Crippen LogP contribution in [-0.4, -0.2) is 31.8 Å². The van der Waals surface area contributed by atoms with E-state index in [9.17, 15) is 8.42 Å². The molecule has 0 aliphatic carbocycles. The number of methoxy groups -OCH3 is 2. The zero-order chi connectivity index (χ0) is 15.8. The average molecular weight is 375 g/mol. The van der Waals surface area contributed by atoms with E-state index in [1.54, 1.807) is 26.0 Å². The van der Waals surface area contributed by atoms with E-state index in [-0.39, 0.29) is 10.6 Å². The Morgan fingerprint density at radius 3 is 2.33 bits per heavy atom. The summed E-state index contributed by atoms with van der Waals surface area (Å²) in [6.07, 6.45) is 0. The molecule has 2 aromatic rings. The van der Waals surface area contributed by atoms with Gasteiger partial charge in [-0.25, -0.2) is 0 Å². The second-order valence-electron chi connectivity index (χ2n) is 4.35. The lowest BCUT2D eigenvalue weighted by atomic mass is 10.3. The van der Waals surface area contributed by atoms with E-state index in [1.807, 2.05) is 0 Å². The van der Waals surface area contributed by atoms with Gasteiger partial charge >= 0.3 is 0 Å². The number of rotatable bonds is 4. The molecule has 0 radical (unpaired) electrons. The summed E-state index contributed by atoms with van der Waals surface area (Å²) in [7, 11) is -0.991. The first kappa shape index (κ1) is 15.8. The summed E-state index contributed by atoms with van der Waals surface area (Å²) < 4.78 is 37.5. The molecule has 8 heteroatoms. The van der Waals surface area contributed by atoms with Crippen molar-refractivity contribution >= 4 is 26.0 Å². The summed E-state index contributed by atoms with van der Waals surface area (Å²) in [5.41, 5.74) is 1.09. The van der Waals surface area contributed by atoms with Crippen molar-refractivity contribution < 1.29 is 17.9 Å². The van der Waals surface area contributed by atoms with Gasteiger partial charge in [0, 0.05) is 6.07 Å². The predicted molar refractivity (Wildman–Crippen MR) is 81.5 cm³/mol. The predicted octanol–water partition coefficient (Wildman–Crippen LogP) is 2.52. The molecule has 0 atom stereocenters. The van der Waals surface area contributed by atoms with Crippen LogP contribution in [0.1, 0.15) is 11.4 Å². The molecular weight excluding hydrogens is 360 g/mol. The molecule has 1 aromatic carbocycles. The van der Waals surface area contributed by atoms with E-state index < -0.39 is 10.0 Å². The van der Waals surface area contributed by atoms with Gasteiger partial charge < -0.3 is 9.47 Å². The summed E-state index contributed by atoms with van der Waals surface area (Å²) in [5.74, 6) is 0.662. The van der Waals surface area contributed by atoms with Gasteiger partial charge in [-0.15, -0.1) is 0 Å². The normalized spacial score (nSPS) is 11.5. The molecule has 21 heavy (non-hydrogen) atoms. The summed E-state index contributed by atoms with van der Waals surface area (Å²) in [4.78, 5) is 0.00227. The van der Waals surface area contributed by atoms with E-state index in [0.717, 1.165) is 4.09 Å². The van der Waals surface area contributed by atoms with Crippen molar-refractivity contribution in [2.24, 2.45) is 0 Å². The van der Waals surface area contributed by atoms with Gasteiger partial charge in [-0.3, -0.25) is 0 Å². The highest BCUT2D eigenvalue weighted by molar-refractivity contribution is 9.10. The maximum absolute atomic E-state index is 12.8. The van der Waals surface area contributed by atoms with Crippen molar-refractivity contribution in [1.29, 1.82) is 0 Å². The number of ether oxygens (including phenoxy) is 2. The van der Waals surface area contributed by atoms with Crippen molar-refractivity contribution in [3.05, 3.63) is 34.1 Å². The van der Waals surface area contributed by atoms with E-state index in [4.69, 9.17) is 9.47 Å². The third kappa shape index (κ3) is 2.65. The van der Waals surface area contributed by atoms with Gasteiger partial charge in [0.15, 0.2) is 0 Å². The van der Waals surface area contributed by atoms with Crippen LogP contribution in [0.3, 0.4) is 0 Å². The number of hydrogen-bond donors (Lipinski definition) is 0. The molecule has 114 valence electrons. The Labute approximate surface area is 131 Å². The van der Waals surface area contributed by atoms with Gasteiger partial charge in [-0.1, -0.05) is 0 Å². The standard InChI is InChI=1S/C13H15BrN2O4S/c1-8-13(14)9(2)16(15-8)21(17,18)12-7-10(19-3)5-6-11(12)20-4/h5-7H,1-4H3. The van der Waals surface area contributed by atoms with E-state index >= 15 is 0 Å². The molecule has 0 fully saturated rings. The molecule has 6 nitrogen and oxygen atoms in total. The Hall–Kier alpha value is -1.54. The van der Waals surface area contributed by atoms with Crippen molar-refractivity contribution in [1.82, 2.24) is 9.19 Å². The fraction of sp³-hybridized carbons (Fsp3) is 0.308. The Morgan fingerprint density at radius 2 is 1.86 bits per heavy atom. The van der Waals surface area contributed by atoms with Crippen LogP contribution < -0.4 is 9.47 Å². The molecular formula is C13H15BrN2O4S. The fourth-order valence-electron chi connectivity index (χ4n) is 1.91. The smallest absolute Gasteiger partial charge is 0.287 e. The zero-order valence-electron chi connectivity index (χ0n) is 12.0. The molecule has 2 rings (SSSR count). The number of benzene rings is 1. The summed E-state index contributed by atoms with van der Waals surface area (Å²) in [6, 6.07) is 4.60. The van der Waals surface area contributed by atoms with E-state index in [1.165, 1.54) is 20.3 Å². The molecule has 0 aliphatic rings. The van der Waals surface area contributed by atoms with Gasteiger partial charge in [-0.2, -0.15) is 17.6 Å². The third-order valence-electron chi connectivity index (χ3n) is 3.04. The molecule has 0 N–H and O–H groups in total. The molecule has 0 saturated heterocycles. The number of aryl methyl sites for hydroxylation is 1. The molecule has 0 bridgehead atoms. The first-order valence-corrected chi connectivity index (χ1v) is 8.25. The monoisotopic (exact) mass is 374 g/mol. The number of nitrogens with zero attached hydrogens (tertiary/aromatic N) is 2.